The van der Waals surface area contributed by atoms with Gasteiger partial charge in [-0.2, -0.15) is 0 Å². The number of anilines is 1. The van der Waals surface area contributed by atoms with Gasteiger partial charge in [0.15, 0.2) is 6.23 Å². The van der Waals surface area contributed by atoms with Crippen LogP contribution in [0.25, 0.3) is 0 Å². The van der Waals surface area contributed by atoms with Gasteiger partial charge in [0.25, 0.3) is 5.56 Å². The molecule has 2 N–H and O–H groups in total. The van der Waals surface area contributed by atoms with Crippen LogP contribution in [0.4, 0.5) is 5.69 Å². The number of rotatable bonds is 10. The first-order chi connectivity index (χ1) is 14.8. The van der Waals surface area contributed by atoms with Gasteiger partial charge in [-0.3, -0.25) is 23.5 Å². The fraction of sp³-hybridized carbons (Fsp3) is 0.429. The molecule has 10 heteroatoms. The van der Waals surface area contributed by atoms with Crippen molar-refractivity contribution >= 4 is 13.4 Å². The summed E-state index contributed by atoms with van der Waals surface area (Å²) in [5.74, 6) is 0. The van der Waals surface area contributed by atoms with Crippen molar-refractivity contribution in [1.82, 2.24) is 9.55 Å². The van der Waals surface area contributed by atoms with Gasteiger partial charge in [0, 0.05) is 24.0 Å². The molecule has 1 aromatic heterocycles. The zero-order chi connectivity index (χ0) is 22.4. The number of hydrogen-bond donors (Lipinski definition) is 2. The largest absolute Gasteiger partial charge is 0.432 e. The molecular formula is C21H28N3O6P. The number of H-pyrrole nitrogens is 1. The third-order valence-corrected chi connectivity index (χ3v) is 6.49. The van der Waals surface area contributed by atoms with Crippen LogP contribution in [0.15, 0.2) is 58.3 Å². The first-order valence-corrected chi connectivity index (χ1v) is 11.8. The molecule has 2 heterocycles. The summed E-state index contributed by atoms with van der Waals surface area (Å²) >= 11 is 0. The summed E-state index contributed by atoms with van der Waals surface area (Å²) < 4.78 is 26.9. The summed E-state index contributed by atoms with van der Waals surface area (Å²) in [6.07, 6.45) is 6.07. The number of aromatic nitrogens is 2. The van der Waals surface area contributed by atoms with Crippen LogP contribution in [0.2, 0.25) is 0 Å². The maximum Gasteiger partial charge on any atom is 0.432 e. The molecule has 1 aromatic carbocycles. The van der Waals surface area contributed by atoms with Gasteiger partial charge in [0.1, 0.15) is 6.10 Å². The van der Waals surface area contributed by atoms with E-state index in [2.05, 4.69) is 11.9 Å². The molecule has 1 unspecified atom stereocenters. The average Bonchev–Trinajstić information content (AvgIpc) is 3.22. The highest BCUT2D eigenvalue weighted by molar-refractivity contribution is 7.54. The molecule has 0 aliphatic carbocycles. The number of aryl methyl sites for hydroxylation is 1. The van der Waals surface area contributed by atoms with E-state index in [0.717, 1.165) is 19.3 Å². The van der Waals surface area contributed by atoms with Gasteiger partial charge in [-0.15, -0.1) is 0 Å². The SMILES string of the molecule is CCCCCN(c1ccccc1)P(=O)(O)OC[C@@H]1C=C[C@H](n2cc(C)c(=O)[nH]c2=O)O1. The zero-order valence-electron chi connectivity index (χ0n) is 17.6. The van der Waals surface area contributed by atoms with Gasteiger partial charge in [-0.05, 0) is 31.6 Å². The van der Waals surface area contributed by atoms with E-state index in [1.54, 1.807) is 43.3 Å². The molecule has 0 bridgehead atoms. The monoisotopic (exact) mass is 449 g/mol. The number of para-hydroxylation sites is 1. The van der Waals surface area contributed by atoms with E-state index in [9.17, 15) is 19.0 Å². The smallest absolute Gasteiger partial charge is 0.344 e. The summed E-state index contributed by atoms with van der Waals surface area (Å²) in [4.78, 5) is 36.5. The van der Waals surface area contributed by atoms with Gasteiger partial charge in [-0.1, -0.05) is 44.0 Å². The van der Waals surface area contributed by atoms with Crippen LogP contribution in [0.1, 0.15) is 38.0 Å². The van der Waals surface area contributed by atoms with E-state index < -0.39 is 31.3 Å². The Morgan fingerprint density at radius 1 is 1.23 bits per heavy atom. The Morgan fingerprint density at radius 2 is 1.97 bits per heavy atom. The minimum Gasteiger partial charge on any atom is -0.344 e. The Kier molecular flexibility index (Phi) is 7.67. The van der Waals surface area contributed by atoms with E-state index in [1.807, 2.05) is 6.07 Å². The molecule has 0 radical (unpaired) electrons. The number of aromatic amines is 1. The Labute approximate surface area is 180 Å². The van der Waals surface area contributed by atoms with Crippen LogP contribution >= 0.6 is 7.75 Å². The molecule has 3 atom stereocenters. The number of benzene rings is 1. The van der Waals surface area contributed by atoms with Crippen molar-refractivity contribution in [3.8, 4) is 0 Å². The van der Waals surface area contributed by atoms with Crippen LogP contribution in [0.5, 0.6) is 0 Å². The molecule has 168 valence electrons. The Morgan fingerprint density at radius 3 is 2.68 bits per heavy atom. The van der Waals surface area contributed by atoms with E-state index in [-0.39, 0.29) is 6.61 Å². The molecule has 9 nitrogen and oxygen atoms in total. The molecule has 2 aromatic rings. The van der Waals surface area contributed by atoms with Gasteiger partial charge >= 0.3 is 13.4 Å². The third kappa shape index (κ3) is 5.83. The van der Waals surface area contributed by atoms with Crippen LogP contribution in [0.3, 0.4) is 0 Å². The van der Waals surface area contributed by atoms with Crippen molar-refractivity contribution < 1.29 is 18.7 Å². The van der Waals surface area contributed by atoms with Crippen LogP contribution in [-0.2, 0) is 13.8 Å². The Balaban J connectivity index is 1.66. The normalized spacial score (nSPS) is 20.0. The molecule has 31 heavy (non-hydrogen) atoms. The maximum absolute atomic E-state index is 13.0. The van der Waals surface area contributed by atoms with Gasteiger partial charge in [0.2, 0.25) is 0 Å². The standard InChI is InChI=1S/C21H28N3O6P/c1-3-4-8-13-24(17-9-6-5-7-10-17)31(27,28)29-15-18-11-12-19(30-18)23-14-16(2)20(25)22-21(23)26/h5-7,9-12,14,18-19H,3-4,8,13,15H2,1-2H3,(H,27,28)(H,22,25,26)/t18-,19+/m0/s1. The predicted octanol–water partition coefficient (Wildman–Crippen LogP) is 3.11. The van der Waals surface area contributed by atoms with Crippen molar-refractivity contribution in [2.24, 2.45) is 0 Å². The number of unbranched alkanes of at least 4 members (excludes halogenated alkanes) is 2. The van der Waals surface area contributed by atoms with Crippen molar-refractivity contribution in [3.63, 3.8) is 0 Å². The first-order valence-electron chi connectivity index (χ1n) is 10.3. The summed E-state index contributed by atoms with van der Waals surface area (Å²) in [7, 11) is -4.13. The molecular weight excluding hydrogens is 421 g/mol. The second-order valence-corrected chi connectivity index (χ2v) is 9.10. The first kappa shape index (κ1) is 23.2. The van der Waals surface area contributed by atoms with Crippen LogP contribution in [0, 0.1) is 6.92 Å². The van der Waals surface area contributed by atoms with Crippen molar-refractivity contribution in [2.45, 2.75) is 45.4 Å². The topological polar surface area (TPSA) is 114 Å². The third-order valence-electron chi connectivity index (χ3n) is 4.96. The number of nitrogens with one attached hydrogen (secondary N) is 1. The van der Waals surface area contributed by atoms with Gasteiger partial charge in [-0.25, -0.2) is 9.36 Å². The van der Waals surface area contributed by atoms with E-state index >= 15 is 0 Å². The molecule has 0 saturated carbocycles. The fourth-order valence-electron chi connectivity index (χ4n) is 3.27. The summed E-state index contributed by atoms with van der Waals surface area (Å²) in [5.41, 5.74) is -0.0542. The fourth-order valence-corrected chi connectivity index (χ4v) is 4.57. The van der Waals surface area contributed by atoms with Gasteiger partial charge in [0.05, 0.1) is 6.61 Å². The molecule has 0 amide bonds. The molecule has 3 rings (SSSR count). The highest BCUT2D eigenvalue weighted by atomic mass is 31.2. The lowest BCUT2D eigenvalue weighted by Gasteiger charge is -2.29. The molecule has 1 aliphatic rings. The molecule has 0 spiro atoms. The number of ether oxygens (including phenoxy) is 1. The lowest BCUT2D eigenvalue weighted by atomic mass is 10.2. The summed E-state index contributed by atoms with van der Waals surface area (Å²) in [6.45, 7) is 3.89. The molecule has 0 fully saturated rings. The van der Waals surface area contributed by atoms with Crippen molar-refractivity contribution in [3.05, 3.63) is 75.1 Å². The van der Waals surface area contributed by atoms with Crippen molar-refractivity contribution in [2.75, 3.05) is 17.8 Å². The average molecular weight is 449 g/mol. The zero-order valence-corrected chi connectivity index (χ0v) is 18.5. The Bertz CT molecular complexity index is 1060. The maximum atomic E-state index is 13.0. The highest BCUT2D eigenvalue weighted by Crippen LogP contribution is 2.49. The Hall–Kier alpha value is -2.45. The predicted molar refractivity (Wildman–Crippen MR) is 118 cm³/mol. The minimum absolute atomic E-state index is 0.158. The lowest BCUT2D eigenvalue weighted by molar-refractivity contribution is -0.00730. The lowest BCUT2D eigenvalue weighted by Crippen LogP contribution is -2.33. The minimum atomic E-state index is -4.13. The van der Waals surface area contributed by atoms with E-state index in [4.69, 9.17) is 9.26 Å². The van der Waals surface area contributed by atoms with Crippen LogP contribution < -0.4 is 15.9 Å². The molecule has 1 aliphatic heterocycles. The van der Waals surface area contributed by atoms with E-state index in [0.29, 0.717) is 17.8 Å². The van der Waals surface area contributed by atoms with Crippen molar-refractivity contribution in [1.29, 1.82) is 0 Å². The van der Waals surface area contributed by atoms with E-state index in [1.165, 1.54) is 15.4 Å². The number of hydrogen-bond acceptors (Lipinski definition) is 5. The van der Waals surface area contributed by atoms with Crippen LogP contribution in [-0.4, -0.2) is 33.7 Å². The second kappa shape index (κ2) is 10.2. The van der Waals surface area contributed by atoms with Gasteiger partial charge < -0.3 is 9.63 Å². The molecule has 0 saturated heterocycles. The highest BCUT2D eigenvalue weighted by Gasteiger charge is 2.32. The summed E-state index contributed by atoms with van der Waals surface area (Å²) in [6, 6.07) is 8.99. The second-order valence-electron chi connectivity index (χ2n) is 7.38. The number of nitrogens with zero attached hydrogens (tertiary/aromatic N) is 2. The quantitative estimate of drug-likeness (QED) is 0.325. The summed E-state index contributed by atoms with van der Waals surface area (Å²) in [5, 5.41) is 0.